The Hall–Kier alpha value is -0.830. The fourth-order valence-corrected chi connectivity index (χ4v) is 2.69. The molecule has 1 heterocycles. The van der Waals surface area contributed by atoms with Gasteiger partial charge in [0.05, 0.1) is 0 Å². The Balaban J connectivity index is 1.71. The molecule has 0 aliphatic heterocycles. The van der Waals surface area contributed by atoms with Gasteiger partial charge in [-0.2, -0.15) is 0 Å². The molecule has 2 rings (SSSR count). The predicted octanol–water partition coefficient (Wildman–Crippen LogP) is 2.76. The van der Waals surface area contributed by atoms with Gasteiger partial charge in [0.1, 0.15) is 5.82 Å². The zero-order chi connectivity index (χ0) is 11.9. The molecular formula is C14H25N3. The number of nitrogens with zero attached hydrogens (tertiary/aromatic N) is 2. The number of nitrogens with one attached hydrogen (secondary N) is 1. The average Bonchev–Trinajstić information content (AvgIpc) is 2.79. The van der Waals surface area contributed by atoms with Crippen LogP contribution in [0.1, 0.15) is 51.3 Å². The zero-order valence-corrected chi connectivity index (χ0v) is 11.0. The minimum absolute atomic E-state index is 0.766. The van der Waals surface area contributed by atoms with Gasteiger partial charge in [-0.05, 0) is 19.3 Å². The summed E-state index contributed by atoms with van der Waals surface area (Å²) in [4.78, 5) is 4.41. The van der Waals surface area contributed by atoms with Gasteiger partial charge in [0.2, 0.25) is 0 Å². The maximum atomic E-state index is 4.41. The first-order chi connectivity index (χ1) is 8.40. The van der Waals surface area contributed by atoms with Crippen molar-refractivity contribution in [3.63, 3.8) is 0 Å². The van der Waals surface area contributed by atoms with E-state index in [1.54, 1.807) is 0 Å². The SMILES string of the molecule is CCCc1nccn1CCNC1CCCCC1. The maximum Gasteiger partial charge on any atom is 0.108 e. The highest BCUT2D eigenvalue weighted by Crippen LogP contribution is 2.17. The van der Waals surface area contributed by atoms with Crippen molar-refractivity contribution in [2.75, 3.05) is 6.54 Å². The molecule has 1 aromatic rings. The molecule has 1 fully saturated rings. The molecular weight excluding hydrogens is 210 g/mol. The van der Waals surface area contributed by atoms with Gasteiger partial charge in [-0.1, -0.05) is 26.2 Å². The van der Waals surface area contributed by atoms with Crippen LogP contribution in [0, 0.1) is 0 Å². The molecule has 17 heavy (non-hydrogen) atoms. The topological polar surface area (TPSA) is 29.9 Å². The van der Waals surface area contributed by atoms with Crippen molar-refractivity contribution in [1.82, 2.24) is 14.9 Å². The number of aromatic nitrogens is 2. The van der Waals surface area contributed by atoms with Crippen molar-refractivity contribution in [2.24, 2.45) is 0 Å². The summed E-state index contributed by atoms with van der Waals surface area (Å²) < 4.78 is 2.29. The van der Waals surface area contributed by atoms with E-state index in [2.05, 4.69) is 28.0 Å². The second kappa shape index (κ2) is 6.80. The summed E-state index contributed by atoms with van der Waals surface area (Å²) in [6, 6.07) is 0.766. The van der Waals surface area contributed by atoms with Crippen LogP contribution in [-0.2, 0) is 13.0 Å². The summed E-state index contributed by atoms with van der Waals surface area (Å²) in [6.07, 6.45) is 13.3. The number of imidazole rings is 1. The van der Waals surface area contributed by atoms with Gasteiger partial charge in [-0.25, -0.2) is 4.98 Å². The van der Waals surface area contributed by atoms with E-state index in [1.807, 2.05) is 6.20 Å². The minimum atomic E-state index is 0.766. The second-order valence-corrected chi connectivity index (χ2v) is 5.08. The molecule has 0 spiro atoms. The van der Waals surface area contributed by atoms with Gasteiger partial charge < -0.3 is 9.88 Å². The minimum Gasteiger partial charge on any atom is -0.334 e. The summed E-state index contributed by atoms with van der Waals surface area (Å²) in [5.74, 6) is 1.23. The van der Waals surface area contributed by atoms with Crippen LogP contribution < -0.4 is 5.32 Å². The molecule has 3 nitrogen and oxygen atoms in total. The van der Waals surface area contributed by atoms with E-state index >= 15 is 0 Å². The highest BCUT2D eigenvalue weighted by molar-refractivity contribution is 4.92. The fourth-order valence-electron chi connectivity index (χ4n) is 2.69. The summed E-state index contributed by atoms with van der Waals surface area (Å²) >= 11 is 0. The molecule has 1 aliphatic rings. The number of hydrogen-bond acceptors (Lipinski definition) is 2. The lowest BCUT2D eigenvalue weighted by molar-refractivity contribution is 0.367. The Morgan fingerprint density at radius 1 is 1.35 bits per heavy atom. The Morgan fingerprint density at radius 3 is 2.94 bits per heavy atom. The van der Waals surface area contributed by atoms with Gasteiger partial charge in [-0.15, -0.1) is 0 Å². The van der Waals surface area contributed by atoms with E-state index in [0.717, 1.165) is 25.6 Å². The lowest BCUT2D eigenvalue weighted by atomic mass is 9.95. The molecule has 0 bridgehead atoms. The van der Waals surface area contributed by atoms with Gasteiger partial charge in [0, 0.05) is 37.9 Å². The molecule has 96 valence electrons. The Labute approximate surface area is 105 Å². The van der Waals surface area contributed by atoms with Gasteiger partial charge in [0.25, 0.3) is 0 Å². The van der Waals surface area contributed by atoms with Gasteiger partial charge in [-0.3, -0.25) is 0 Å². The fraction of sp³-hybridized carbons (Fsp3) is 0.786. The van der Waals surface area contributed by atoms with Crippen LogP contribution in [0.25, 0.3) is 0 Å². The number of hydrogen-bond donors (Lipinski definition) is 1. The molecule has 1 N–H and O–H groups in total. The number of aryl methyl sites for hydroxylation is 1. The Kier molecular flexibility index (Phi) is 5.05. The van der Waals surface area contributed by atoms with Crippen molar-refractivity contribution < 1.29 is 0 Å². The quantitative estimate of drug-likeness (QED) is 0.821. The molecule has 0 atom stereocenters. The highest BCUT2D eigenvalue weighted by atomic mass is 15.1. The van der Waals surface area contributed by atoms with E-state index in [9.17, 15) is 0 Å². The zero-order valence-electron chi connectivity index (χ0n) is 11.0. The van der Waals surface area contributed by atoms with Gasteiger partial charge >= 0.3 is 0 Å². The van der Waals surface area contributed by atoms with Crippen molar-refractivity contribution in [1.29, 1.82) is 0 Å². The second-order valence-electron chi connectivity index (χ2n) is 5.08. The van der Waals surface area contributed by atoms with Crippen LogP contribution >= 0.6 is 0 Å². The average molecular weight is 235 g/mol. The standard InChI is InChI=1S/C14H25N3/c1-2-6-14-16-10-12-17(14)11-9-15-13-7-4-3-5-8-13/h10,12-13,15H,2-9,11H2,1H3. The molecule has 1 saturated carbocycles. The van der Waals surface area contributed by atoms with Crippen LogP contribution in [0.2, 0.25) is 0 Å². The molecule has 0 saturated heterocycles. The Bertz CT molecular complexity index is 313. The summed E-state index contributed by atoms with van der Waals surface area (Å²) in [7, 11) is 0. The molecule has 1 aliphatic carbocycles. The monoisotopic (exact) mass is 235 g/mol. The molecule has 3 heteroatoms. The molecule has 0 aromatic carbocycles. The van der Waals surface area contributed by atoms with E-state index in [1.165, 1.54) is 44.3 Å². The Morgan fingerprint density at radius 2 is 2.18 bits per heavy atom. The smallest absolute Gasteiger partial charge is 0.108 e. The van der Waals surface area contributed by atoms with Crippen LogP contribution in [-0.4, -0.2) is 22.1 Å². The van der Waals surface area contributed by atoms with E-state index in [4.69, 9.17) is 0 Å². The first kappa shape index (κ1) is 12.6. The first-order valence-corrected chi connectivity index (χ1v) is 7.13. The van der Waals surface area contributed by atoms with Crippen molar-refractivity contribution in [2.45, 2.75) is 64.5 Å². The van der Waals surface area contributed by atoms with E-state index in [-0.39, 0.29) is 0 Å². The lowest BCUT2D eigenvalue weighted by Crippen LogP contribution is -2.33. The van der Waals surface area contributed by atoms with Crippen LogP contribution in [0.15, 0.2) is 12.4 Å². The third-order valence-corrected chi connectivity index (χ3v) is 3.67. The molecule has 0 unspecified atom stereocenters. The predicted molar refractivity (Wildman–Crippen MR) is 71.1 cm³/mol. The highest BCUT2D eigenvalue weighted by Gasteiger charge is 2.12. The lowest BCUT2D eigenvalue weighted by Gasteiger charge is -2.23. The molecule has 0 amide bonds. The summed E-state index contributed by atoms with van der Waals surface area (Å²) in [5.41, 5.74) is 0. The summed E-state index contributed by atoms with van der Waals surface area (Å²) in [6.45, 7) is 4.35. The van der Waals surface area contributed by atoms with E-state index < -0.39 is 0 Å². The van der Waals surface area contributed by atoms with Gasteiger partial charge in [0.15, 0.2) is 0 Å². The van der Waals surface area contributed by atoms with Crippen LogP contribution in [0.5, 0.6) is 0 Å². The molecule has 1 aromatic heterocycles. The van der Waals surface area contributed by atoms with E-state index in [0.29, 0.717) is 0 Å². The normalized spacial score (nSPS) is 17.5. The third-order valence-electron chi connectivity index (χ3n) is 3.67. The molecule has 0 radical (unpaired) electrons. The largest absolute Gasteiger partial charge is 0.334 e. The third kappa shape index (κ3) is 3.84. The maximum absolute atomic E-state index is 4.41. The first-order valence-electron chi connectivity index (χ1n) is 7.13. The van der Waals surface area contributed by atoms with Crippen molar-refractivity contribution >= 4 is 0 Å². The summed E-state index contributed by atoms with van der Waals surface area (Å²) in [5, 5.41) is 3.68. The van der Waals surface area contributed by atoms with Crippen LogP contribution in [0.4, 0.5) is 0 Å². The number of rotatable bonds is 6. The van der Waals surface area contributed by atoms with Crippen molar-refractivity contribution in [3.05, 3.63) is 18.2 Å². The van der Waals surface area contributed by atoms with Crippen molar-refractivity contribution in [3.8, 4) is 0 Å². The van der Waals surface area contributed by atoms with Crippen LogP contribution in [0.3, 0.4) is 0 Å².